The zero-order chi connectivity index (χ0) is 64.6. The second-order valence-corrected chi connectivity index (χ2v) is 25.5. The van der Waals surface area contributed by atoms with Gasteiger partial charge in [-0.25, -0.2) is 43.2 Å². The molecule has 4 atom stereocenters. The van der Waals surface area contributed by atoms with Gasteiger partial charge in [0, 0.05) is 69.3 Å². The molecule has 0 fully saturated rings. The van der Waals surface area contributed by atoms with Gasteiger partial charge in [0.2, 0.25) is 0 Å². The molecule has 89 heavy (non-hydrogen) atoms. The SMILES string of the molecule is CCC[C@H](c1ccc(C(=O)O)cc1)[C@@H](O)c1ccc(Cl)cc1.CCC[C@H](c1ccc(C(=O)O)cc1)[C@H](c1ccc(Cl)cc1)c1cn(S(=O)(=O)c2ccc([N+](=O)[O-])cc2)c2c(F)cc(C)cc12.Cc1cc(F)c2c(ccn2S(=O)(=O)c2ccc([N+](=O)[O-])cc2)c1. The minimum absolute atomic E-state index is 0.0473. The molecule has 2 aromatic heterocycles. The van der Waals surface area contributed by atoms with E-state index in [4.69, 9.17) is 28.3 Å². The van der Waals surface area contributed by atoms with E-state index in [9.17, 15) is 61.3 Å². The van der Waals surface area contributed by atoms with Crippen molar-refractivity contribution in [2.45, 2.75) is 87.0 Å². The highest BCUT2D eigenvalue weighted by Gasteiger charge is 2.33. The van der Waals surface area contributed by atoms with Crippen LogP contribution < -0.4 is 0 Å². The van der Waals surface area contributed by atoms with Crippen LogP contribution in [0.15, 0.2) is 198 Å². The van der Waals surface area contributed by atoms with E-state index < -0.39 is 65.5 Å². The Bertz CT molecular complexity index is 4470. The van der Waals surface area contributed by atoms with Crippen LogP contribution in [0.1, 0.15) is 123 Å². The number of hydrogen-bond acceptors (Lipinski definition) is 11. The zero-order valence-corrected chi connectivity index (χ0v) is 51.2. The first-order valence-corrected chi connectivity index (χ1v) is 31.3. The van der Waals surface area contributed by atoms with Gasteiger partial charge in [0.1, 0.15) is 17.2 Å². The summed E-state index contributed by atoms with van der Waals surface area (Å²) in [5.74, 6) is -4.19. The second kappa shape index (κ2) is 27.9. The summed E-state index contributed by atoms with van der Waals surface area (Å²) in [6.45, 7) is 7.52. The fourth-order valence-electron chi connectivity index (χ4n) is 10.7. The van der Waals surface area contributed by atoms with Crippen LogP contribution in [0.5, 0.6) is 0 Å². The number of rotatable bonds is 19. The predicted octanol–water partition coefficient (Wildman–Crippen LogP) is 16.2. The van der Waals surface area contributed by atoms with Crippen molar-refractivity contribution in [3.63, 3.8) is 0 Å². The van der Waals surface area contributed by atoms with Crippen molar-refractivity contribution in [1.29, 1.82) is 0 Å². The fraction of sp³-hybridized carbons (Fsp3) is 0.182. The molecule has 0 radical (unpaired) electrons. The molecule has 0 spiro atoms. The molecule has 10 rings (SSSR count). The molecule has 0 unspecified atom stereocenters. The second-order valence-electron chi connectivity index (χ2n) is 21.0. The third-order valence-corrected chi connectivity index (χ3v) is 18.8. The lowest BCUT2D eigenvalue weighted by Gasteiger charge is -2.28. The molecule has 0 aliphatic carbocycles. The average Bonchev–Trinajstić information content (AvgIpc) is 1.63. The molecule has 10 aromatic rings. The number of carbonyl (C=O) groups is 2. The quantitative estimate of drug-likeness (QED) is 0.0503. The van der Waals surface area contributed by atoms with Crippen LogP contribution in [-0.2, 0) is 20.0 Å². The van der Waals surface area contributed by atoms with E-state index in [0.717, 1.165) is 98.0 Å². The van der Waals surface area contributed by atoms with Crippen LogP contribution in [0.3, 0.4) is 0 Å². The Hall–Kier alpha value is -9.12. The van der Waals surface area contributed by atoms with E-state index in [1.54, 1.807) is 86.6 Å². The number of aliphatic hydroxyl groups excluding tert-OH is 1. The van der Waals surface area contributed by atoms with Gasteiger partial charge in [0.25, 0.3) is 31.4 Å². The highest BCUT2D eigenvalue weighted by molar-refractivity contribution is 7.90. The highest BCUT2D eigenvalue weighted by atomic mass is 35.5. The first-order valence-electron chi connectivity index (χ1n) is 27.7. The van der Waals surface area contributed by atoms with E-state index in [0.29, 0.717) is 43.9 Å². The summed E-state index contributed by atoms with van der Waals surface area (Å²) in [5.41, 5.74) is 4.92. The van der Waals surface area contributed by atoms with E-state index in [1.165, 1.54) is 42.7 Å². The molecule has 0 bridgehead atoms. The first kappa shape index (κ1) is 65.8. The maximum absolute atomic E-state index is 15.8. The van der Waals surface area contributed by atoms with Crippen LogP contribution in [0.4, 0.5) is 20.2 Å². The number of aromatic carboxylic acids is 2. The zero-order valence-electron chi connectivity index (χ0n) is 48.1. The summed E-state index contributed by atoms with van der Waals surface area (Å²) in [7, 11) is -8.44. The number of carboxylic acid groups (broad SMARTS) is 2. The number of fused-ring (bicyclic) bond motifs is 2. The van der Waals surface area contributed by atoms with E-state index in [1.807, 2.05) is 31.2 Å². The Labute approximate surface area is 521 Å². The number of nitrogens with zero attached hydrogens (tertiary/aromatic N) is 4. The minimum atomic E-state index is -4.40. The van der Waals surface area contributed by atoms with Crippen LogP contribution in [0.25, 0.3) is 21.8 Å². The summed E-state index contributed by atoms with van der Waals surface area (Å²) >= 11 is 12.1. The van der Waals surface area contributed by atoms with Gasteiger partial charge in [-0.1, -0.05) is 98.4 Å². The molecule has 0 amide bonds. The predicted molar refractivity (Wildman–Crippen MR) is 336 cm³/mol. The largest absolute Gasteiger partial charge is 0.478 e. The van der Waals surface area contributed by atoms with Gasteiger partial charge < -0.3 is 15.3 Å². The van der Waals surface area contributed by atoms with Gasteiger partial charge in [-0.2, -0.15) is 0 Å². The Morgan fingerprint density at radius 3 is 1.39 bits per heavy atom. The lowest BCUT2D eigenvalue weighted by Crippen LogP contribution is -2.15. The summed E-state index contributed by atoms with van der Waals surface area (Å²) in [6, 6.07) is 44.0. The number of non-ortho nitro benzene ring substituents is 2. The van der Waals surface area contributed by atoms with Crippen molar-refractivity contribution in [3.8, 4) is 0 Å². The van der Waals surface area contributed by atoms with Gasteiger partial charge in [0.15, 0.2) is 0 Å². The Balaban J connectivity index is 0.000000191. The van der Waals surface area contributed by atoms with Gasteiger partial charge in [-0.05, 0) is 175 Å². The van der Waals surface area contributed by atoms with Crippen molar-refractivity contribution in [2.75, 3.05) is 0 Å². The maximum Gasteiger partial charge on any atom is 0.335 e. The van der Waals surface area contributed by atoms with E-state index >= 15 is 4.39 Å². The minimum Gasteiger partial charge on any atom is -0.478 e. The molecule has 0 aliphatic heterocycles. The summed E-state index contributed by atoms with van der Waals surface area (Å²) in [4.78, 5) is 42.7. The molecule has 2 heterocycles. The van der Waals surface area contributed by atoms with Crippen molar-refractivity contribution in [3.05, 3.63) is 280 Å². The van der Waals surface area contributed by atoms with Crippen LogP contribution >= 0.6 is 23.2 Å². The number of benzene rings is 8. The van der Waals surface area contributed by atoms with Crippen LogP contribution in [0, 0.1) is 45.7 Å². The third kappa shape index (κ3) is 14.7. The molecular formula is C66H58Cl2F2N4O13S2. The van der Waals surface area contributed by atoms with Gasteiger partial charge >= 0.3 is 11.9 Å². The molecule has 8 aromatic carbocycles. The average molecular weight is 1290 g/mol. The van der Waals surface area contributed by atoms with Crippen LogP contribution in [-0.4, -0.2) is 61.9 Å². The molecule has 23 heteroatoms. The smallest absolute Gasteiger partial charge is 0.335 e. The molecule has 0 saturated carbocycles. The highest BCUT2D eigenvalue weighted by Crippen LogP contribution is 2.46. The maximum atomic E-state index is 15.8. The number of aryl methyl sites for hydroxylation is 2. The number of nitro groups is 2. The standard InChI is InChI=1S/C33H28ClFN2O6S.C18H19ClO3.C15H11FN2O4S/c1-3-4-27(21-5-7-23(8-6-21)33(38)39)31(22-9-11-24(34)12-10-22)29-19-36(32-28(29)17-20(2)18-30(32)35)44(42,43)26-15-13-25(14-16-26)37(40)41;1-2-3-16(12-4-6-14(7-5-12)18(21)22)17(20)13-8-10-15(19)11-9-13;1-10-8-11-6-7-17(15(11)14(16)9-10)23(21,22)13-4-2-12(3-5-13)18(19)20/h5-19,27,31H,3-4H2,1-2H3,(H,38,39);4-11,16-17,20H,2-3H2,1H3,(H,21,22);2-9H,1H3/t27-,31+;16-,17+;/m11./s1. The lowest BCUT2D eigenvalue weighted by atomic mass is 9.75. The molecule has 0 aliphatic rings. The Morgan fingerprint density at radius 1 is 0.539 bits per heavy atom. The third-order valence-electron chi connectivity index (χ3n) is 15.0. The summed E-state index contributed by atoms with van der Waals surface area (Å²) in [6.07, 6.45) is 5.19. The van der Waals surface area contributed by atoms with E-state index in [2.05, 4.69) is 6.92 Å². The number of aromatic nitrogens is 2. The van der Waals surface area contributed by atoms with Gasteiger partial charge in [-0.15, -0.1) is 0 Å². The van der Waals surface area contributed by atoms with Gasteiger partial charge in [-0.3, -0.25) is 20.2 Å². The topological polar surface area (TPSA) is 259 Å². The summed E-state index contributed by atoms with van der Waals surface area (Å²) in [5, 5.41) is 52.9. The van der Waals surface area contributed by atoms with E-state index in [-0.39, 0.29) is 55.2 Å². The number of carboxylic acids is 2. The fourth-order valence-corrected chi connectivity index (χ4v) is 13.7. The first-order chi connectivity index (χ1) is 42.2. The van der Waals surface area contributed by atoms with Crippen molar-refractivity contribution in [2.24, 2.45) is 0 Å². The summed E-state index contributed by atoms with van der Waals surface area (Å²) < 4.78 is 85.1. The Morgan fingerprint density at radius 2 is 0.944 bits per heavy atom. The lowest BCUT2D eigenvalue weighted by molar-refractivity contribution is -0.385. The van der Waals surface area contributed by atoms with Crippen LogP contribution in [0.2, 0.25) is 10.0 Å². The number of halogens is 4. The van der Waals surface area contributed by atoms with Crippen molar-refractivity contribution < 1.29 is 60.4 Å². The molecule has 17 nitrogen and oxygen atoms in total. The van der Waals surface area contributed by atoms with Crippen molar-refractivity contribution >= 4 is 88.4 Å². The number of aliphatic hydroxyl groups is 1. The molecular weight excluding hydrogens is 1230 g/mol. The van der Waals surface area contributed by atoms with Crippen molar-refractivity contribution in [1.82, 2.24) is 7.94 Å². The molecule has 0 saturated heterocycles. The Kier molecular flexibility index (Phi) is 20.7. The normalized spacial score (nSPS) is 12.9. The molecule has 3 N–H and O–H groups in total. The number of hydrogen-bond donors (Lipinski definition) is 3. The monoisotopic (exact) mass is 1290 g/mol. The number of nitro benzene ring substituents is 2. The van der Waals surface area contributed by atoms with Gasteiger partial charge in [0.05, 0.1) is 42.4 Å². The molecule has 460 valence electrons.